The van der Waals surface area contributed by atoms with Crippen molar-refractivity contribution in [1.29, 1.82) is 0 Å². The van der Waals surface area contributed by atoms with E-state index in [1.54, 1.807) is 0 Å². The highest BCUT2D eigenvalue weighted by Crippen LogP contribution is 2.28. The van der Waals surface area contributed by atoms with Gasteiger partial charge in [0.2, 0.25) is 0 Å². The Hall–Kier alpha value is -2.13. The molecule has 3 N–H and O–H groups in total. The topological polar surface area (TPSA) is 130 Å². The van der Waals surface area contributed by atoms with Crippen molar-refractivity contribution in [3.8, 4) is 0 Å². The highest BCUT2D eigenvalue weighted by molar-refractivity contribution is 7.85. The Morgan fingerprint density at radius 1 is 1.15 bits per heavy atom. The lowest BCUT2D eigenvalue weighted by Gasteiger charge is -2.25. The number of amides is 1. The number of hydrogen-bond acceptors (Lipinski definition) is 5. The van der Waals surface area contributed by atoms with Crippen LogP contribution in [-0.4, -0.2) is 42.9 Å². The predicted octanol–water partition coefficient (Wildman–Crippen LogP) is 2.31. The normalized spacial score (nSPS) is 19.6. The Morgan fingerprint density at radius 3 is 2.19 bits per heavy atom. The van der Waals surface area contributed by atoms with Crippen LogP contribution in [0.5, 0.6) is 0 Å². The summed E-state index contributed by atoms with van der Waals surface area (Å²) in [5.74, 6) is -0.570. The van der Waals surface area contributed by atoms with Crippen LogP contribution in [0.4, 0.5) is 4.79 Å². The third-order valence-electron chi connectivity index (χ3n) is 3.94. The molecular weight excluding hydrogens is 362 g/mol. The average molecular weight is 387 g/mol. The van der Waals surface area contributed by atoms with Gasteiger partial charge < -0.3 is 15.2 Å². The van der Waals surface area contributed by atoms with Gasteiger partial charge in [0.05, 0.1) is 12.2 Å². The number of carbonyl (C=O) groups is 2. The molecule has 0 radical (unpaired) electrons. The number of hydrogen-bond donors (Lipinski definition) is 3. The van der Waals surface area contributed by atoms with Gasteiger partial charge in [-0.25, -0.2) is 4.79 Å². The van der Waals surface area contributed by atoms with Crippen molar-refractivity contribution in [2.24, 2.45) is 11.8 Å². The molecule has 8 nitrogen and oxygen atoms in total. The van der Waals surface area contributed by atoms with Gasteiger partial charge in [-0.3, -0.25) is 9.35 Å². The van der Waals surface area contributed by atoms with E-state index in [0.29, 0.717) is 31.6 Å². The smallest absolute Gasteiger partial charge is 0.407 e. The summed E-state index contributed by atoms with van der Waals surface area (Å²) in [6, 6.07) is 9.52. The third-order valence-corrected chi connectivity index (χ3v) is 3.94. The van der Waals surface area contributed by atoms with Crippen LogP contribution >= 0.6 is 0 Å². The van der Waals surface area contributed by atoms with E-state index in [2.05, 4.69) is 5.32 Å². The lowest BCUT2D eigenvalue weighted by molar-refractivity contribution is -0.143. The van der Waals surface area contributed by atoms with Crippen LogP contribution in [0, 0.1) is 11.8 Å². The number of alkyl carbamates (subject to hydrolysis) is 1. The quantitative estimate of drug-likeness (QED) is 0.661. The standard InChI is InChI=1S/C16H21NO4.CH4O3S/c18-15(19)14-8-6-12(7-9-14)10-17-16(20)21-11-13-4-2-1-3-5-13;1-5(2,3)4/h1-5,12,14H,6-11H2,(H,17,20)(H,18,19);1H3,(H,2,3,4). The SMILES string of the molecule is CS(=O)(=O)O.O=C(NCC1CCC(C(=O)O)CC1)OCc1ccccc1. The summed E-state index contributed by atoms with van der Waals surface area (Å²) < 4.78 is 31.0. The summed E-state index contributed by atoms with van der Waals surface area (Å²) in [6.07, 6.45) is 3.37. The van der Waals surface area contributed by atoms with Crippen molar-refractivity contribution in [2.45, 2.75) is 32.3 Å². The van der Waals surface area contributed by atoms with E-state index < -0.39 is 22.2 Å². The van der Waals surface area contributed by atoms with Gasteiger partial charge in [0.15, 0.2) is 0 Å². The molecule has 9 heteroatoms. The van der Waals surface area contributed by atoms with Crippen molar-refractivity contribution < 1.29 is 32.4 Å². The number of nitrogens with one attached hydrogen (secondary N) is 1. The van der Waals surface area contributed by atoms with Gasteiger partial charge in [0, 0.05) is 6.54 Å². The van der Waals surface area contributed by atoms with E-state index in [1.807, 2.05) is 30.3 Å². The van der Waals surface area contributed by atoms with Gasteiger partial charge in [-0.2, -0.15) is 8.42 Å². The molecule has 0 aromatic heterocycles. The van der Waals surface area contributed by atoms with Crippen LogP contribution in [0.15, 0.2) is 30.3 Å². The monoisotopic (exact) mass is 387 g/mol. The lowest BCUT2D eigenvalue weighted by Crippen LogP contribution is -2.32. The Balaban J connectivity index is 0.000000597. The van der Waals surface area contributed by atoms with Crippen LogP contribution < -0.4 is 5.32 Å². The zero-order chi connectivity index (χ0) is 19.6. The Morgan fingerprint density at radius 2 is 1.69 bits per heavy atom. The van der Waals surface area contributed by atoms with E-state index in [9.17, 15) is 18.0 Å². The summed E-state index contributed by atoms with van der Waals surface area (Å²) in [4.78, 5) is 22.5. The first kappa shape index (κ1) is 21.9. The number of carboxylic acid groups (broad SMARTS) is 1. The zero-order valence-electron chi connectivity index (χ0n) is 14.6. The molecule has 1 saturated carbocycles. The molecule has 0 atom stereocenters. The fourth-order valence-electron chi connectivity index (χ4n) is 2.62. The molecule has 1 fully saturated rings. The summed E-state index contributed by atoms with van der Waals surface area (Å²) in [5.41, 5.74) is 0.953. The number of benzene rings is 1. The summed E-state index contributed by atoms with van der Waals surface area (Å²) in [6.45, 7) is 0.818. The van der Waals surface area contributed by atoms with Crippen LogP contribution in [-0.2, 0) is 26.3 Å². The second-order valence-corrected chi connectivity index (χ2v) is 7.70. The minimum Gasteiger partial charge on any atom is -0.481 e. The maximum Gasteiger partial charge on any atom is 0.407 e. The van der Waals surface area contributed by atoms with Gasteiger partial charge in [0.25, 0.3) is 10.1 Å². The van der Waals surface area contributed by atoms with Gasteiger partial charge in [-0.05, 0) is 37.2 Å². The Labute approximate surface area is 153 Å². The number of carbonyl (C=O) groups excluding carboxylic acids is 1. The van der Waals surface area contributed by atoms with E-state index in [1.165, 1.54) is 0 Å². The molecule has 1 amide bonds. The Bertz CT molecular complexity index is 660. The van der Waals surface area contributed by atoms with E-state index in [-0.39, 0.29) is 12.5 Å². The predicted molar refractivity (Wildman–Crippen MR) is 95.2 cm³/mol. The van der Waals surface area contributed by atoms with Crippen molar-refractivity contribution in [3.63, 3.8) is 0 Å². The molecule has 146 valence electrons. The second kappa shape index (κ2) is 10.8. The second-order valence-electron chi connectivity index (χ2n) is 6.23. The highest BCUT2D eigenvalue weighted by atomic mass is 32.2. The summed E-state index contributed by atoms with van der Waals surface area (Å²) in [5, 5.41) is 11.7. The zero-order valence-corrected chi connectivity index (χ0v) is 15.4. The molecular formula is C17H25NO7S. The van der Waals surface area contributed by atoms with Crippen LogP contribution in [0.1, 0.15) is 31.2 Å². The van der Waals surface area contributed by atoms with Gasteiger partial charge >= 0.3 is 12.1 Å². The maximum atomic E-state index is 11.6. The number of carboxylic acids is 1. The minimum absolute atomic E-state index is 0.216. The van der Waals surface area contributed by atoms with Crippen LogP contribution in [0.2, 0.25) is 0 Å². The van der Waals surface area contributed by atoms with Gasteiger partial charge in [-0.1, -0.05) is 30.3 Å². The summed E-state index contributed by atoms with van der Waals surface area (Å²) >= 11 is 0. The largest absolute Gasteiger partial charge is 0.481 e. The van der Waals surface area contributed by atoms with Crippen molar-refractivity contribution in [1.82, 2.24) is 5.32 Å². The fourth-order valence-corrected chi connectivity index (χ4v) is 2.62. The first-order chi connectivity index (χ1) is 12.1. The van der Waals surface area contributed by atoms with Crippen molar-refractivity contribution in [2.75, 3.05) is 12.8 Å². The number of aliphatic carboxylic acids is 1. The molecule has 0 bridgehead atoms. The summed E-state index contributed by atoms with van der Waals surface area (Å²) in [7, 11) is -3.67. The fraction of sp³-hybridized carbons (Fsp3) is 0.529. The van der Waals surface area contributed by atoms with Crippen LogP contribution in [0.25, 0.3) is 0 Å². The lowest BCUT2D eigenvalue weighted by atomic mass is 9.82. The maximum absolute atomic E-state index is 11.6. The van der Waals surface area contributed by atoms with E-state index in [4.69, 9.17) is 14.4 Å². The average Bonchev–Trinajstić information content (AvgIpc) is 2.58. The number of rotatable bonds is 5. The van der Waals surface area contributed by atoms with Gasteiger partial charge in [0.1, 0.15) is 6.61 Å². The highest BCUT2D eigenvalue weighted by Gasteiger charge is 2.26. The molecule has 1 aliphatic rings. The van der Waals surface area contributed by atoms with Crippen LogP contribution in [0.3, 0.4) is 0 Å². The molecule has 1 aromatic rings. The van der Waals surface area contributed by atoms with Crippen molar-refractivity contribution >= 4 is 22.2 Å². The Kier molecular flexibility index (Phi) is 9.08. The molecule has 0 heterocycles. The number of ether oxygens (including phenoxy) is 1. The molecule has 0 spiro atoms. The molecule has 0 aliphatic heterocycles. The molecule has 0 unspecified atom stereocenters. The third kappa shape index (κ3) is 10.7. The molecule has 2 rings (SSSR count). The molecule has 1 aliphatic carbocycles. The first-order valence-electron chi connectivity index (χ1n) is 8.25. The van der Waals surface area contributed by atoms with E-state index in [0.717, 1.165) is 18.4 Å². The molecule has 0 saturated heterocycles. The van der Waals surface area contributed by atoms with E-state index >= 15 is 0 Å². The van der Waals surface area contributed by atoms with Crippen molar-refractivity contribution in [3.05, 3.63) is 35.9 Å². The van der Waals surface area contributed by atoms with Gasteiger partial charge in [-0.15, -0.1) is 0 Å². The molecule has 1 aromatic carbocycles. The minimum atomic E-state index is -3.67. The first-order valence-corrected chi connectivity index (χ1v) is 10.1. The molecule has 26 heavy (non-hydrogen) atoms.